The van der Waals surface area contributed by atoms with Crippen molar-refractivity contribution in [1.29, 1.82) is 0 Å². The van der Waals surface area contributed by atoms with Crippen LogP contribution in [0.15, 0.2) is 30.3 Å². The average Bonchev–Trinajstić information content (AvgIpc) is 3.24. The molecule has 2 aromatic rings. The summed E-state index contributed by atoms with van der Waals surface area (Å²) in [5, 5.41) is 60.0. The third kappa shape index (κ3) is 4.90. The molecule has 0 bridgehead atoms. The molecule has 1 fully saturated rings. The Morgan fingerprint density at radius 3 is 2.43 bits per heavy atom. The second-order valence-corrected chi connectivity index (χ2v) is 8.90. The highest BCUT2D eigenvalue weighted by atomic mass is 16.7. The van der Waals surface area contributed by atoms with Gasteiger partial charge in [-0.15, -0.1) is 0 Å². The molecule has 2 aliphatic heterocycles. The summed E-state index contributed by atoms with van der Waals surface area (Å²) in [6.07, 6.45) is -5.60. The molecule has 0 aromatic heterocycles. The average molecular weight is 493 g/mol. The highest BCUT2D eigenvalue weighted by molar-refractivity contribution is 5.55. The number of aliphatic hydroxyl groups excluding tert-OH is 5. The zero-order valence-electron chi connectivity index (χ0n) is 19.6. The Labute approximate surface area is 202 Å². The Bertz CT molecular complexity index is 1030. The monoisotopic (exact) mass is 492 g/mol. The summed E-state index contributed by atoms with van der Waals surface area (Å²) >= 11 is 0. The van der Waals surface area contributed by atoms with Crippen molar-refractivity contribution in [2.75, 3.05) is 20.3 Å². The van der Waals surface area contributed by atoms with Crippen LogP contribution >= 0.6 is 0 Å². The van der Waals surface area contributed by atoms with E-state index in [0.717, 1.165) is 5.56 Å². The van der Waals surface area contributed by atoms with Crippen LogP contribution in [0, 0.1) is 0 Å². The molecule has 0 spiro atoms. The van der Waals surface area contributed by atoms with Crippen molar-refractivity contribution in [3.05, 3.63) is 47.0 Å². The standard InChI is InChI=1S/C25H32O10/c1-12-20(29)21(30)22(31)25(33-12)34-18-6-5-14(10-19(18)32-2)23-16(11-27)15-8-13(4-3-7-26)9-17(28)24(15)35-23/h5-6,8-10,12,16,20-23,25-31H,3-4,7,11H2,1-2H3/t12-,16-,20-,21+,22-,23+,25-/m0/s1. The molecule has 0 unspecified atom stereocenters. The van der Waals surface area contributed by atoms with Crippen LogP contribution in [-0.4, -0.2) is 81.7 Å². The summed E-state index contributed by atoms with van der Waals surface area (Å²) in [4.78, 5) is 0. The third-order valence-corrected chi connectivity index (χ3v) is 6.56. The van der Waals surface area contributed by atoms with Crippen molar-refractivity contribution in [2.24, 2.45) is 0 Å². The van der Waals surface area contributed by atoms with Crippen molar-refractivity contribution in [3.8, 4) is 23.0 Å². The quantitative estimate of drug-likeness (QED) is 0.310. The Hall–Kier alpha value is -2.60. The molecule has 0 aliphatic carbocycles. The van der Waals surface area contributed by atoms with E-state index in [1.54, 1.807) is 31.2 Å². The van der Waals surface area contributed by atoms with E-state index in [0.29, 0.717) is 35.5 Å². The van der Waals surface area contributed by atoms with Crippen LogP contribution in [0.25, 0.3) is 0 Å². The number of benzene rings is 2. The number of methoxy groups -OCH3 is 1. The topological polar surface area (TPSA) is 158 Å². The van der Waals surface area contributed by atoms with Crippen LogP contribution in [0.5, 0.6) is 23.0 Å². The minimum Gasteiger partial charge on any atom is -0.504 e. The minimum atomic E-state index is -1.47. The summed E-state index contributed by atoms with van der Waals surface area (Å²) in [6.45, 7) is 1.38. The molecule has 4 rings (SSSR count). The van der Waals surface area contributed by atoms with E-state index >= 15 is 0 Å². The van der Waals surface area contributed by atoms with Crippen LogP contribution in [-0.2, 0) is 11.2 Å². The maximum absolute atomic E-state index is 10.5. The summed E-state index contributed by atoms with van der Waals surface area (Å²) in [5.74, 6) is 0.377. The van der Waals surface area contributed by atoms with Crippen molar-refractivity contribution >= 4 is 0 Å². The number of aliphatic hydroxyl groups is 5. The van der Waals surface area contributed by atoms with Gasteiger partial charge in [0, 0.05) is 12.2 Å². The molecule has 1 saturated heterocycles. The molecule has 6 N–H and O–H groups in total. The summed E-state index contributed by atoms with van der Waals surface area (Å²) in [7, 11) is 1.44. The van der Waals surface area contributed by atoms with Gasteiger partial charge in [0.05, 0.1) is 25.7 Å². The number of phenols is 1. The number of rotatable bonds is 8. The zero-order valence-corrected chi connectivity index (χ0v) is 19.6. The lowest BCUT2D eigenvalue weighted by molar-refractivity contribution is -0.268. The van der Waals surface area contributed by atoms with Crippen molar-refractivity contribution < 1.29 is 49.6 Å². The van der Waals surface area contributed by atoms with E-state index in [-0.39, 0.29) is 24.7 Å². The van der Waals surface area contributed by atoms with E-state index in [9.17, 15) is 25.5 Å². The lowest BCUT2D eigenvalue weighted by Crippen LogP contribution is -2.58. The smallest absolute Gasteiger partial charge is 0.229 e. The van der Waals surface area contributed by atoms with Gasteiger partial charge in [0.1, 0.15) is 24.4 Å². The molecule has 35 heavy (non-hydrogen) atoms. The van der Waals surface area contributed by atoms with Crippen LogP contribution in [0.1, 0.15) is 42.1 Å². The fourth-order valence-electron chi connectivity index (χ4n) is 4.59. The van der Waals surface area contributed by atoms with Crippen molar-refractivity contribution in [3.63, 3.8) is 0 Å². The molecule has 2 aliphatic rings. The first-order valence-electron chi connectivity index (χ1n) is 11.6. The molecular weight excluding hydrogens is 460 g/mol. The summed E-state index contributed by atoms with van der Waals surface area (Å²) in [6, 6.07) is 8.46. The molecule has 2 aromatic carbocycles. The predicted octanol–water partition coefficient (Wildman–Crippen LogP) is 0.742. The fraction of sp³-hybridized carbons (Fsp3) is 0.520. The highest BCUT2D eigenvalue weighted by Gasteiger charge is 2.43. The lowest BCUT2D eigenvalue weighted by atomic mass is 9.90. The largest absolute Gasteiger partial charge is 0.504 e. The van der Waals surface area contributed by atoms with Crippen LogP contribution in [0.4, 0.5) is 0 Å². The Balaban J connectivity index is 1.58. The van der Waals surface area contributed by atoms with Gasteiger partial charge >= 0.3 is 0 Å². The van der Waals surface area contributed by atoms with Crippen molar-refractivity contribution in [2.45, 2.75) is 62.5 Å². The first-order valence-corrected chi connectivity index (χ1v) is 11.6. The van der Waals surface area contributed by atoms with E-state index in [1.807, 2.05) is 6.07 Å². The van der Waals surface area contributed by atoms with Gasteiger partial charge in [-0.05, 0) is 49.1 Å². The highest BCUT2D eigenvalue weighted by Crippen LogP contribution is 2.51. The maximum atomic E-state index is 10.5. The van der Waals surface area contributed by atoms with Gasteiger partial charge in [-0.2, -0.15) is 0 Å². The van der Waals surface area contributed by atoms with Crippen LogP contribution in [0.2, 0.25) is 0 Å². The normalized spacial score (nSPS) is 30.0. The molecule has 0 radical (unpaired) electrons. The van der Waals surface area contributed by atoms with Gasteiger partial charge in [-0.25, -0.2) is 0 Å². The molecule has 10 nitrogen and oxygen atoms in total. The first kappa shape index (κ1) is 25.5. The molecule has 192 valence electrons. The first-order chi connectivity index (χ1) is 16.8. The SMILES string of the molecule is COc1cc([C@H]2Oc3c(O)cc(CCCO)cc3[C@@H]2CO)ccc1O[C@@H]1O[C@@H](C)[C@H](O)[C@@H](O)[C@@H]1O. The molecule has 10 heteroatoms. The summed E-state index contributed by atoms with van der Waals surface area (Å²) < 4.78 is 22.8. The van der Waals surface area contributed by atoms with E-state index < -0.39 is 42.7 Å². The summed E-state index contributed by atoms with van der Waals surface area (Å²) in [5.41, 5.74) is 2.19. The van der Waals surface area contributed by atoms with E-state index in [4.69, 9.17) is 24.1 Å². The fourth-order valence-corrected chi connectivity index (χ4v) is 4.59. The Morgan fingerprint density at radius 2 is 1.74 bits per heavy atom. The van der Waals surface area contributed by atoms with E-state index in [2.05, 4.69) is 0 Å². The van der Waals surface area contributed by atoms with Gasteiger partial charge in [-0.3, -0.25) is 0 Å². The third-order valence-electron chi connectivity index (χ3n) is 6.56. The van der Waals surface area contributed by atoms with Gasteiger partial charge < -0.3 is 49.6 Å². The molecule has 0 saturated carbocycles. The zero-order chi connectivity index (χ0) is 25.3. The Morgan fingerprint density at radius 1 is 0.971 bits per heavy atom. The van der Waals surface area contributed by atoms with Crippen molar-refractivity contribution in [1.82, 2.24) is 0 Å². The number of fused-ring (bicyclic) bond motifs is 1. The van der Waals surface area contributed by atoms with Crippen LogP contribution in [0.3, 0.4) is 0 Å². The number of hydrogen-bond donors (Lipinski definition) is 6. The predicted molar refractivity (Wildman–Crippen MR) is 123 cm³/mol. The molecule has 0 amide bonds. The number of aryl methyl sites for hydroxylation is 1. The molecule has 7 atom stereocenters. The van der Waals surface area contributed by atoms with Gasteiger partial charge in [0.25, 0.3) is 0 Å². The number of ether oxygens (including phenoxy) is 4. The van der Waals surface area contributed by atoms with Gasteiger partial charge in [0.2, 0.25) is 6.29 Å². The van der Waals surface area contributed by atoms with Crippen LogP contribution < -0.4 is 14.2 Å². The van der Waals surface area contributed by atoms with E-state index in [1.165, 1.54) is 7.11 Å². The maximum Gasteiger partial charge on any atom is 0.229 e. The number of phenolic OH excluding ortho intramolecular Hbond substituents is 1. The minimum absolute atomic E-state index is 0.0263. The second kappa shape index (κ2) is 10.6. The second-order valence-electron chi connectivity index (χ2n) is 8.90. The molecular formula is C25H32O10. The molecule has 2 heterocycles. The number of aromatic hydroxyl groups is 1. The number of hydrogen-bond acceptors (Lipinski definition) is 10. The van der Waals surface area contributed by atoms with Gasteiger partial charge in [-0.1, -0.05) is 12.1 Å². The lowest BCUT2D eigenvalue weighted by Gasteiger charge is -2.39. The van der Waals surface area contributed by atoms with Gasteiger partial charge in [0.15, 0.2) is 23.0 Å². The Kier molecular flexibility index (Phi) is 7.70.